The maximum atomic E-state index is 5.78. The minimum Gasteiger partial charge on any atom is -1.00 e. The van der Waals surface area contributed by atoms with E-state index in [1.165, 1.54) is 35.1 Å². The highest BCUT2D eigenvalue weighted by molar-refractivity contribution is 5.48. The summed E-state index contributed by atoms with van der Waals surface area (Å²) in [6, 6.07) is 15.7. The van der Waals surface area contributed by atoms with Crippen molar-refractivity contribution in [2.45, 2.75) is 31.8 Å². The zero-order valence-corrected chi connectivity index (χ0v) is 15.7. The molecule has 0 N–H and O–H groups in total. The maximum absolute atomic E-state index is 5.78. The first-order valence-electron chi connectivity index (χ1n) is 8.76. The topological polar surface area (TPSA) is 18.0 Å². The normalized spacial score (nSPS) is 17.5. The standard InChI is InChI=1S/C21H21N2O.BrH/c1-2-4-16(5-3-1)14-22-9-10-23(15-22)20-7-6-17-12-18-8-11-24-21(18)13-19(17)20;/h1-5,9-10,12-13,15,20H,6-8,11,14H2;1H/q+1;/p-1. The number of benzene rings is 2. The third-order valence-corrected chi connectivity index (χ3v) is 5.28. The zero-order chi connectivity index (χ0) is 15.9. The summed E-state index contributed by atoms with van der Waals surface area (Å²) in [5, 5.41) is 0. The number of imidazole rings is 1. The van der Waals surface area contributed by atoms with Gasteiger partial charge in [0.1, 0.15) is 30.7 Å². The van der Waals surface area contributed by atoms with Crippen molar-refractivity contribution in [3.63, 3.8) is 0 Å². The van der Waals surface area contributed by atoms with E-state index in [-0.39, 0.29) is 17.0 Å². The van der Waals surface area contributed by atoms with E-state index in [2.05, 4.69) is 70.3 Å². The van der Waals surface area contributed by atoms with E-state index in [4.69, 9.17) is 4.74 Å². The lowest BCUT2D eigenvalue weighted by Gasteiger charge is -2.09. The van der Waals surface area contributed by atoms with Gasteiger partial charge in [0.15, 0.2) is 0 Å². The molecule has 25 heavy (non-hydrogen) atoms. The molecule has 1 unspecified atom stereocenters. The smallest absolute Gasteiger partial charge is 0.244 e. The minimum absolute atomic E-state index is 0. The van der Waals surface area contributed by atoms with Crippen LogP contribution in [0.1, 0.15) is 34.7 Å². The van der Waals surface area contributed by atoms with Crippen LogP contribution in [0, 0.1) is 0 Å². The fourth-order valence-electron chi connectivity index (χ4n) is 4.06. The van der Waals surface area contributed by atoms with Crippen molar-refractivity contribution in [1.29, 1.82) is 0 Å². The second-order valence-corrected chi connectivity index (χ2v) is 6.83. The zero-order valence-electron chi connectivity index (χ0n) is 14.1. The first-order chi connectivity index (χ1) is 11.9. The third kappa shape index (κ3) is 2.99. The summed E-state index contributed by atoms with van der Waals surface area (Å²) in [7, 11) is 0. The van der Waals surface area contributed by atoms with Crippen LogP contribution in [0.2, 0.25) is 0 Å². The molecule has 1 atom stereocenters. The maximum Gasteiger partial charge on any atom is 0.244 e. The lowest BCUT2D eigenvalue weighted by Crippen LogP contribution is -3.00. The largest absolute Gasteiger partial charge is 1.00 e. The van der Waals surface area contributed by atoms with Crippen LogP contribution >= 0.6 is 0 Å². The molecule has 3 nitrogen and oxygen atoms in total. The Hall–Kier alpha value is -2.07. The Morgan fingerprint density at radius 1 is 1.08 bits per heavy atom. The first-order valence-corrected chi connectivity index (χ1v) is 8.76. The summed E-state index contributed by atoms with van der Waals surface area (Å²) in [6.45, 7) is 1.75. The Morgan fingerprint density at radius 3 is 2.84 bits per heavy atom. The molecule has 0 radical (unpaired) electrons. The Kier molecular flexibility index (Phi) is 4.38. The van der Waals surface area contributed by atoms with E-state index >= 15 is 0 Å². The van der Waals surface area contributed by atoms with Crippen molar-refractivity contribution in [1.82, 2.24) is 4.57 Å². The quantitative estimate of drug-likeness (QED) is 0.582. The molecule has 0 amide bonds. The molecule has 1 aliphatic heterocycles. The summed E-state index contributed by atoms with van der Waals surface area (Å²) in [5.41, 5.74) is 5.67. The van der Waals surface area contributed by atoms with Crippen LogP contribution in [0.3, 0.4) is 0 Å². The van der Waals surface area contributed by atoms with Crippen molar-refractivity contribution in [2.75, 3.05) is 6.61 Å². The molecule has 2 aromatic carbocycles. The predicted octanol–water partition coefficient (Wildman–Crippen LogP) is 0.298. The van der Waals surface area contributed by atoms with Gasteiger partial charge >= 0.3 is 0 Å². The van der Waals surface area contributed by atoms with Crippen molar-refractivity contribution in [3.8, 4) is 5.75 Å². The van der Waals surface area contributed by atoms with Crippen LogP contribution in [0.5, 0.6) is 5.75 Å². The summed E-state index contributed by atoms with van der Waals surface area (Å²) in [4.78, 5) is 0. The summed E-state index contributed by atoms with van der Waals surface area (Å²) in [5.74, 6) is 1.10. The molecule has 0 bridgehead atoms. The number of nitrogens with zero attached hydrogens (tertiary/aromatic N) is 2. The van der Waals surface area contributed by atoms with Crippen molar-refractivity contribution < 1.29 is 26.3 Å². The molecule has 0 saturated heterocycles. The van der Waals surface area contributed by atoms with Gasteiger partial charge in [0.25, 0.3) is 0 Å². The lowest BCUT2D eigenvalue weighted by atomic mass is 10.0. The molecule has 2 heterocycles. The Balaban J connectivity index is 0.00000157. The summed E-state index contributed by atoms with van der Waals surface area (Å²) >= 11 is 0. The van der Waals surface area contributed by atoms with Crippen molar-refractivity contribution in [3.05, 3.63) is 83.4 Å². The van der Waals surface area contributed by atoms with Crippen LogP contribution in [0.25, 0.3) is 0 Å². The number of aromatic nitrogens is 2. The average molecular weight is 397 g/mol. The molecule has 1 aromatic heterocycles. The van der Waals surface area contributed by atoms with Crippen LogP contribution in [-0.2, 0) is 19.4 Å². The van der Waals surface area contributed by atoms with E-state index in [9.17, 15) is 0 Å². The van der Waals surface area contributed by atoms with Gasteiger partial charge in [-0.3, -0.25) is 0 Å². The summed E-state index contributed by atoms with van der Waals surface area (Å²) < 4.78 is 10.4. The summed E-state index contributed by atoms with van der Waals surface area (Å²) in [6.07, 6.45) is 10.0. The molecule has 2 aliphatic rings. The van der Waals surface area contributed by atoms with Crippen LogP contribution in [-0.4, -0.2) is 11.2 Å². The minimum atomic E-state index is 0. The molecule has 0 saturated carbocycles. The third-order valence-electron chi connectivity index (χ3n) is 5.28. The van der Waals surface area contributed by atoms with Gasteiger partial charge in [-0.05, 0) is 35.6 Å². The van der Waals surface area contributed by atoms with Gasteiger partial charge < -0.3 is 21.7 Å². The Labute approximate surface area is 158 Å². The van der Waals surface area contributed by atoms with Gasteiger partial charge in [-0.15, -0.1) is 0 Å². The first kappa shape index (κ1) is 16.4. The van der Waals surface area contributed by atoms with Gasteiger partial charge in [0, 0.05) is 12.0 Å². The number of aryl methyl sites for hydroxylation is 1. The number of hydrogen-bond donors (Lipinski definition) is 0. The second kappa shape index (κ2) is 6.68. The van der Waals surface area contributed by atoms with E-state index in [1.54, 1.807) is 0 Å². The number of halogens is 1. The predicted molar refractivity (Wildman–Crippen MR) is 92.3 cm³/mol. The van der Waals surface area contributed by atoms with Crippen LogP contribution < -0.4 is 26.3 Å². The molecule has 0 spiro atoms. The molecular weight excluding hydrogens is 376 g/mol. The van der Waals surface area contributed by atoms with Crippen molar-refractivity contribution in [2.24, 2.45) is 0 Å². The van der Waals surface area contributed by atoms with Gasteiger partial charge in [-0.1, -0.05) is 36.4 Å². The van der Waals surface area contributed by atoms with Gasteiger partial charge in [-0.2, -0.15) is 0 Å². The number of rotatable bonds is 3. The molecule has 4 heteroatoms. The molecule has 1 aliphatic carbocycles. The van der Waals surface area contributed by atoms with Crippen LogP contribution in [0.15, 0.2) is 61.2 Å². The number of hydrogen-bond acceptors (Lipinski definition) is 1. The van der Waals surface area contributed by atoms with E-state index in [0.29, 0.717) is 6.04 Å². The average Bonchev–Trinajstić information content (AvgIpc) is 3.32. The van der Waals surface area contributed by atoms with Gasteiger partial charge in [-0.25, -0.2) is 9.13 Å². The van der Waals surface area contributed by atoms with E-state index in [1.807, 2.05) is 0 Å². The SMILES string of the molecule is [Br-].c1ccc(C[n+]2ccn(C3CCc4cc5c(cc43)OCC5)c2)cc1. The highest BCUT2D eigenvalue weighted by Crippen LogP contribution is 2.39. The molecule has 128 valence electrons. The highest BCUT2D eigenvalue weighted by Gasteiger charge is 2.30. The highest BCUT2D eigenvalue weighted by atomic mass is 79.9. The lowest BCUT2D eigenvalue weighted by molar-refractivity contribution is -0.687. The molecular formula is C21H21BrN2O. The number of ether oxygens (including phenoxy) is 1. The molecule has 0 fully saturated rings. The van der Waals surface area contributed by atoms with E-state index < -0.39 is 0 Å². The number of fused-ring (bicyclic) bond motifs is 2. The van der Waals surface area contributed by atoms with Gasteiger partial charge in [0.05, 0.1) is 6.61 Å². The molecule has 5 rings (SSSR count). The fraction of sp³-hybridized carbons (Fsp3) is 0.286. The van der Waals surface area contributed by atoms with Crippen molar-refractivity contribution >= 4 is 0 Å². The van der Waals surface area contributed by atoms with Gasteiger partial charge in [0.2, 0.25) is 6.33 Å². The Bertz CT molecular complexity index is 888. The fourth-order valence-corrected chi connectivity index (χ4v) is 4.06. The second-order valence-electron chi connectivity index (χ2n) is 6.83. The molecule has 3 aromatic rings. The Morgan fingerprint density at radius 2 is 1.96 bits per heavy atom. The monoisotopic (exact) mass is 396 g/mol. The van der Waals surface area contributed by atoms with E-state index in [0.717, 1.165) is 25.3 Å². The van der Waals surface area contributed by atoms with Crippen LogP contribution in [0.4, 0.5) is 0 Å².